The van der Waals surface area contributed by atoms with Gasteiger partial charge in [-0.25, -0.2) is 4.79 Å². The molecule has 1 aliphatic carbocycles. The Hall–Kier alpha value is -1.43. The monoisotopic (exact) mass is 295 g/mol. The van der Waals surface area contributed by atoms with Crippen molar-refractivity contribution in [2.45, 2.75) is 37.1 Å². The first-order chi connectivity index (χ1) is 9.66. The zero-order valence-electron chi connectivity index (χ0n) is 11.0. The summed E-state index contributed by atoms with van der Waals surface area (Å²) in [6.07, 6.45) is 4.62. The molecule has 108 valence electrons. The van der Waals surface area contributed by atoms with E-state index in [-0.39, 0.29) is 11.3 Å². The van der Waals surface area contributed by atoms with Gasteiger partial charge in [0.05, 0.1) is 11.6 Å². The molecule has 1 saturated carbocycles. The van der Waals surface area contributed by atoms with E-state index in [0.29, 0.717) is 24.5 Å². The number of carboxylic acid groups (broad SMARTS) is 1. The molecular formula is C14H17NO4S. The molecule has 1 amide bonds. The molecule has 3 rings (SSSR count). The van der Waals surface area contributed by atoms with Gasteiger partial charge in [0, 0.05) is 18.6 Å². The Balaban J connectivity index is 1.67. The predicted octanol–water partition coefficient (Wildman–Crippen LogP) is 1.98. The molecule has 0 bridgehead atoms. The Kier molecular flexibility index (Phi) is 3.74. The summed E-state index contributed by atoms with van der Waals surface area (Å²) in [7, 11) is 0. The number of hydrogen-bond donors (Lipinski definition) is 1. The molecule has 1 saturated heterocycles. The largest absolute Gasteiger partial charge is 0.480 e. The maximum atomic E-state index is 12.4. The van der Waals surface area contributed by atoms with Crippen LogP contribution in [0.25, 0.3) is 0 Å². The summed E-state index contributed by atoms with van der Waals surface area (Å²) in [5, 5.41) is 9.33. The van der Waals surface area contributed by atoms with E-state index in [1.807, 2.05) is 6.07 Å². The molecule has 0 radical (unpaired) electrons. The van der Waals surface area contributed by atoms with Gasteiger partial charge >= 0.3 is 5.97 Å². The summed E-state index contributed by atoms with van der Waals surface area (Å²) in [5.41, 5.74) is 0. The quantitative estimate of drug-likeness (QED) is 0.899. The molecule has 1 aliphatic heterocycles. The lowest BCUT2D eigenvalue weighted by Gasteiger charge is -2.27. The van der Waals surface area contributed by atoms with Gasteiger partial charge < -0.3 is 14.4 Å². The summed E-state index contributed by atoms with van der Waals surface area (Å²) < 4.78 is 5.22. The minimum absolute atomic E-state index is 0.0557. The van der Waals surface area contributed by atoms with Gasteiger partial charge in [0.2, 0.25) is 5.91 Å². The molecule has 20 heavy (non-hydrogen) atoms. The highest BCUT2D eigenvalue weighted by Gasteiger charge is 2.47. The number of carboxylic acids is 1. The van der Waals surface area contributed by atoms with Crippen molar-refractivity contribution in [3.8, 4) is 0 Å². The Labute approximate surface area is 121 Å². The van der Waals surface area contributed by atoms with Gasteiger partial charge in [-0.3, -0.25) is 4.79 Å². The van der Waals surface area contributed by atoms with E-state index in [2.05, 4.69) is 0 Å². The molecule has 5 nitrogen and oxygen atoms in total. The summed E-state index contributed by atoms with van der Waals surface area (Å²) in [6.45, 7) is 0. The van der Waals surface area contributed by atoms with Gasteiger partial charge in [-0.2, -0.15) is 0 Å². The van der Waals surface area contributed by atoms with Crippen molar-refractivity contribution in [3.63, 3.8) is 0 Å². The Morgan fingerprint density at radius 2 is 2.25 bits per heavy atom. The van der Waals surface area contributed by atoms with E-state index in [4.69, 9.17) is 4.42 Å². The number of carbonyl (C=O) groups is 2. The third-order valence-corrected chi connectivity index (χ3v) is 5.26. The number of nitrogens with zero attached hydrogens (tertiary/aromatic N) is 1. The van der Waals surface area contributed by atoms with Crippen molar-refractivity contribution in [2.24, 2.45) is 5.92 Å². The molecule has 1 aromatic heterocycles. The molecule has 2 unspecified atom stereocenters. The molecule has 6 heteroatoms. The third-order valence-electron chi connectivity index (χ3n) is 3.80. The van der Waals surface area contributed by atoms with E-state index in [1.165, 1.54) is 0 Å². The first-order valence-electron chi connectivity index (χ1n) is 6.85. The maximum absolute atomic E-state index is 12.4. The zero-order valence-corrected chi connectivity index (χ0v) is 11.8. The number of hydrogen-bond acceptors (Lipinski definition) is 4. The van der Waals surface area contributed by atoms with E-state index >= 15 is 0 Å². The lowest BCUT2D eigenvalue weighted by Crippen LogP contribution is -2.46. The molecular weight excluding hydrogens is 278 g/mol. The molecule has 0 aromatic carbocycles. The SMILES string of the molecule is O=C(O)C1CSC(C2CC2)N1C(=O)CCc1ccco1. The van der Waals surface area contributed by atoms with Gasteiger partial charge in [-0.05, 0) is 30.9 Å². The van der Waals surface area contributed by atoms with Gasteiger partial charge in [0.1, 0.15) is 11.8 Å². The van der Waals surface area contributed by atoms with Gasteiger partial charge in [0.25, 0.3) is 0 Å². The highest BCUT2D eigenvalue weighted by atomic mass is 32.2. The molecule has 2 aliphatic rings. The normalized spacial score (nSPS) is 25.9. The molecule has 0 spiro atoms. The van der Waals surface area contributed by atoms with Crippen LogP contribution in [0.3, 0.4) is 0 Å². The Morgan fingerprint density at radius 1 is 1.45 bits per heavy atom. The Bertz CT molecular complexity index is 497. The minimum atomic E-state index is -0.896. The summed E-state index contributed by atoms with van der Waals surface area (Å²) in [6, 6.07) is 2.95. The van der Waals surface area contributed by atoms with Crippen LogP contribution in [0.15, 0.2) is 22.8 Å². The van der Waals surface area contributed by atoms with Crippen molar-refractivity contribution in [2.75, 3.05) is 5.75 Å². The van der Waals surface area contributed by atoms with Crippen molar-refractivity contribution >= 4 is 23.6 Å². The topological polar surface area (TPSA) is 70.8 Å². The Morgan fingerprint density at radius 3 is 2.85 bits per heavy atom. The van der Waals surface area contributed by atoms with Crippen molar-refractivity contribution in [3.05, 3.63) is 24.2 Å². The summed E-state index contributed by atoms with van der Waals surface area (Å²) in [4.78, 5) is 25.3. The van der Waals surface area contributed by atoms with E-state index in [9.17, 15) is 14.7 Å². The smallest absolute Gasteiger partial charge is 0.327 e. The van der Waals surface area contributed by atoms with E-state index in [0.717, 1.165) is 18.6 Å². The summed E-state index contributed by atoms with van der Waals surface area (Å²) >= 11 is 1.61. The number of amides is 1. The predicted molar refractivity (Wildman–Crippen MR) is 74.3 cm³/mol. The lowest BCUT2D eigenvalue weighted by atomic mass is 10.2. The molecule has 2 fully saturated rings. The highest BCUT2D eigenvalue weighted by molar-refractivity contribution is 8.00. The first-order valence-corrected chi connectivity index (χ1v) is 7.89. The van der Waals surface area contributed by atoms with Crippen molar-refractivity contribution < 1.29 is 19.1 Å². The fourth-order valence-electron chi connectivity index (χ4n) is 2.59. The van der Waals surface area contributed by atoms with Crippen molar-refractivity contribution in [1.82, 2.24) is 4.90 Å². The van der Waals surface area contributed by atoms with Gasteiger partial charge in [-0.1, -0.05) is 0 Å². The standard InChI is InChI=1S/C14H17NO4S/c16-12(6-5-10-2-1-7-19-10)15-11(14(17)18)8-20-13(15)9-3-4-9/h1-2,7,9,11,13H,3-6,8H2,(H,17,18). The van der Waals surface area contributed by atoms with E-state index in [1.54, 1.807) is 29.0 Å². The average molecular weight is 295 g/mol. The second kappa shape index (κ2) is 5.52. The fraction of sp³-hybridized carbons (Fsp3) is 0.571. The number of aryl methyl sites for hydroxylation is 1. The highest BCUT2D eigenvalue weighted by Crippen LogP contribution is 2.45. The van der Waals surface area contributed by atoms with E-state index < -0.39 is 12.0 Å². The number of aliphatic carboxylic acids is 1. The summed E-state index contributed by atoms with van der Waals surface area (Å²) in [5.74, 6) is 0.780. The van der Waals surface area contributed by atoms with Crippen LogP contribution in [0.1, 0.15) is 25.0 Å². The number of thioether (sulfide) groups is 1. The van der Waals surface area contributed by atoms with Crippen LogP contribution in [0.5, 0.6) is 0 Å². The van der Waals surface area contributed by atoms with Crippen LogP contribution in [-0.2, 0) is 16.0 Å². The number of carbonyl (C=O) groups excluding carboxylic acids is 1. The lowest BCUT2D eigenvalue weighted by molar-refractivity contribution is -0.149. The fourth-order valence-corrected chi connectivity index (χ4v) is 4.24. The second-order valence-electron chi connectivity index (χ2n) is 5.30. The molecule has 2 atom stereocenters. The van der Waals surface area contributed by atoms with Crippen LogP contribution < -0.4 is 0 Å². The van der Waals surface area contributed by atoms with Crippen molar-refractivity contribution in [1.29, 1.82) is 0 Å². The maximum Gasteiger partial charge on any atom is 0.327 e. The van der Waals surface area contributed by atoms with Crippen LogP contribution >= 0.6 is 11.8 Å². The van der Waals surface area contributed by atoms with Gasteiger partial charge in [-0.15, -0.1) is 11.8 Å². The molecule has 1 N–H and O–H groups in total. The third kappa shape index (κ3) is 2.70. The van der Waals surface area contributed by atoms with Crippen LogP contribution in [-0.4, -0.2) is 39.1 Å². The van der Waals surface area contributed by atoms with Gasteiger partial charge in [0.15, 0.2) is 0 Å². The number of furan rings is 1. The zero-order chi connectivity index (χ0) is 14.1. The number of rotatable bonds is 5. The molecule has 2 heterocycles. The minimum Gasteiger partial charge on any atom is -0.480 e. The van der Waals surface area contributed by atoms with Crippen LogP contribution in [0.2, 0.25) is 0 Å². The van der Waals surface area contributed by atoms with Crippen LogP contribution in [0.4, 0.5) is 0 Å². The van der Waals surface area contributed by atoms with Crippen LogP contribution in [0, 0.1) is 5.92 Å². The average Bonchev–Trinajstić information content (AvgIpc) is 2.97. The second-order valence-corrected chi connectivity index (χ2v) is 6.45. The molecule has 1 aromatic rings. The first kappa shape index (κ1) is 13.5.